The first-order valence-electron chi connectivity index (χ1n) is 35.3. The van der Waals surface area contributed by atoms with E-state index in [1.807, 2.05) is 0 Å². The van der Waals surface area contributed by atoms with Crippen LogP contribution in [0.1, 0.15) is 215 Å². The van der Waals surface area contributed by atoms with Crippen LogP contribution in [0.15, 0.2) is 113 Å². The third-order valence-corrected chi connectivity index (χ3v) is 17.8. The number of Topliss-reactive ketones (excluding diaryl/α,β-unsaturated/α-hetero) is 10. The first-order chi connectivity index (χ1) is 51.0. The van der Waals surface area contributed by atoms with Crippen LogP contribution >= 0.6 is 0 Å². The maximum Gasteiger partial charge on any atom is 0.389 e. The van der Waals surface area contributed by atoms with E-state index in [1.165, 1.54) is 110 Å². The molecule has 0 aromatic rings. The Morgan fingerprint density at radius 3 is 0.532 bits per heavy atom. The lowest BCUT2D eigenvalue weighted by Crippen LogP contribution is -2.25. The zero-order valence-corrected chi connectivity index (χ0v) is 64.8. The van der Waals surface area contributed by atoms with Crippen molar-refractivity contribution >= 4 is 57.8 Å². The number of rotatable bonds is 37. The van der Waals surface area contributed by atoms with Gasteiger partial charge in [0.1, 0.15) is 0 Å². The molecule has 20 nitrogen and oxygen atoms in total. The van der Waals surface area contributed by atoms with Gasteiger partial charge in [0.15, 0.2) is 0 Å². The second-order valence-electron chi connectivity index (χ2n) is 25.4. The summed E-state index contributed by atoms with van der Waals surface area (Å²) >= 11 is 0. The van der Waals surface area contributed by atoms with Gasteiger partial charge in [-0.1, -0.05) is 77.6 Å². The maximum absolute atomic E-state index is 12.4. The second kappa shape index (κ2) is 47.4. The molecule has 5 aliphatic carbocycles. The summed E-state index contributed by atoms with van der Waals surface area (Å²) in [5, 5.41) is 0. The topological polar surface area (TPSA) is 263 Å². The Hall–Kier alpha value is -8.74. The molecule has 614 valence electrons. The molecule has 0 fully saturated rings. The molecule has 0 N–H and O–H groups in total. The molecule has 5 rings (SSSR count). The van der Waals surface area contributed by atoms with Gasteiger partial charge in [0, 0.05) is 81.4 Å². The van der Waals surface area contributed by atoms with Gasteiger partial charge in [-0.05, 0) is 112 Å². The molecular formula is C77H102F12O20. The van der Waals surface area contributed by atoms with Gasteiger partial charge < -0.3 is 47.4 Å². The SMILES string of the molecule is CCCCCCCCCC1=C(C)C(=O)C(OC)=C(OC)C1=O.COC1=C(OC)C(=O)C(CCC(F)(F)F)=C(C)C1=O.COC1=C(OC)C(=O)C(CCCCC(F)(F)F)=C(C)C1=O.COC1=C(OC)C(=O)C(CCCCCCC(F)(F)F)=C(C)C1=O.COC1=C(OC)C(=O)C(CCCCCCCC(F)(F)F)=C(C)C1=O. The zero-order valence-electron chi connectivity index (χ0n) is 64.8. The molecule has 0 saturated carbocycles. The minimum Gasteiger partial charge on any atom is -0.489 e. The summed E-state index contributed by atoms with van der Waals surface area (Å²) in [4.78, 5) is 122. The quantitative estimate of drug-likeness (QED) is 0.0318. The van der Waals surface area contributed by atoms with Crippen LogP contribution in [0.2, 0.25) is 0 Å². The lowest BCUT2D eigenvalue weighted by molar-refractivity contribution is -0.136. The maximum atomic E-state index is 12.4. The number of allylic oxidation sites excluding steroid dienone is 10. The first kappa shape index (κ1) is 98.3. The Bertz CT molecular complexity index is 3600. The smallest absolute Gasteiger partial charge is 0.389 e. The predicted molar refractivity (Wildman–Crippen MR) is 373 cm³/mol. The number of ether oxygens (including phenoxy) is 10. The minimum absolute atomic E-state index is 0.0216. The Labute approximate surface area is 627 Å². The van der Waals surface area contributed by atoms with Crippen molar-refractivity contribution in [2.24, 2.45) is 0 Å². The zero-order chi connectivity index (χ0) is 83.5. The van der Waals surface area contributed by atoms with Crippen LogP contribution in [0.25, 0.3) is 0 Å². The molecule has 0 aliphatic heterocycles. The molecule has 0 saturated heterocycles. The highest BCUT2D eigenvalue weighted by Gasteiger charge is 2.41. The van der Waals surface area contributed by atoms with Gasteiger partial charge in [-0.3, -0.25) is 47.9 Å². The molecule has 5 aliphatic rings. The van der Waals surface area contributed by atoms with Crippen molar-refractivity contribution in [1.29, 1.82) is 0 Å². The van der Waals surface area contributed by atoms with Crippen LogP contribution in [-0.2, 0) is 95.3 Å². The number of alkyl halides is 12. The third-order valence-electron chi connectivity index (χ3n) is 17.8. The molecule has 32 heteroatoms. The molecule has 109 heavy (non-hydrogen) atoms. The van der Waals surface area contributed by atoms with E-state index < -0.39 is 91.5 Å². The molecule has 0 radical (unpaired) electrons. The number of unbranched alkanes of at least 4 members (excludes halogenated alkanes) is 14. The Morgan fingerprint density at radius 2 is 0.349 bits per heavy atom. The van der Waals surface area contributed by atoms with Gasteiger partial charge in [-0.15, -0.1) is 0 Å². The average molecular weight is 1580 g/mol. The number of carbonyl (C=O) groups is 10. The Morgan fingerprint density at radius 1 is 0.202 bits per heavy atom. The number of halogens is 12. The van der Waals surface area contributed by atoms with Crippen molar-refractivity contribution in [2.75, 3.05) is 71.1 Å². The van der Waals surface area contributed by atoms with E-state index in [0.29, 0.717) is 97.6 Å². The van der Waals surface area contributed by atoms with Crippen molar-refractivity contribution in [1.82, 2.24) is 0 Å². The lowest BCUT2D eigenvalue weighted by atomic mass is 9.89. The standard InChI is InChI=1S/C18H28O4.C17H23F3O4.C16H21F3O4.C14H17F3O4.C12H13F3O4/c1-5-6-7-8-9-10-11-12-14-13(2)15(19)17(21-3)18(22-4)16(14)20;1-11-12(9-7-5-4-6-8-10-17(18,19)20)14(22)16(24-3)15(23-2)13(11)21;1-10-11(8-6-4-5-7-9-16(17,18)19)13(21)15(23-3)14(22-2)12(10)20;1-8-9(6-4-5-7-14(15,16)17)11(19)13(21-3)12(20-2)10(8)18;1-6-7(4-5-12(13,14)15)9(17)11(19-3)10(18-2)8(6)16/h5-12H2,1-4H3;4-10H2,1-3H3;4-9H2,1-3H3;4-7H2,1-3H3;4-5H2,1-3H3. The third kappa shape index (κ3) is 30.6. The van der Waals surface area contributed by atoms with Gasteiger partial charge in [-0.2, -0.15) is 52.7 Å². The average Bonchev–Trinajstić information content (AvgIpc) is 0.820. The van der Waals surface area contributed by atoms with E-state index in [4.69, 9.17) is 47.4 Å². The van der Waals surface area contributed by atoms with Crippen LogP contribution in [0, 0.1) is 0 Å². The second-order valence-corrected chi connectivity index (χ2v) is 25.4. The van der Waals surface area contributed by atoms with Crippen LogP contribution in [0.4, 0.5) is 52.7 Å². The number of hydrogen-bond donors (Lipinski definition) is 0. The summed E-state index contributed by atoms with van der Waals surface area (Å²) in [6.07, 6.45) is -6.92. The molecule has 0 heterocycles. The summed E-state index contributed by atoms with van der Waals surface area (Å²) < 4.78 is 194. The highest BCUT2D eigenvalue weighted by molar-refractivity contribution is 6.26. The highest BCUT2D eigenvalue weighted by Crippen LogP contribution is 2.36. The molecular weight excluding hydrogens is 1470 g/mol. The van der Waals surface area contributed by atoms with E-state index in [2.05, 4.69) is 6.92 Å². The predicted octanol–water partition coefficient (Wildman–Crippen LogP) is 17.6. The Balaban J connectivity index is 0.000000683. The fourth-order valence-corrected chi connectivity index (χ4v) is 11.8. The minimum atomic E-state index is -4.39. The van der Waals surface area contributed by atoms with Crippen molar-refractivity contribution < 1.29 is 148 Å². The van der Waals surface area contributed by atoms with Crippen molar-refractivity contribution in [3.8, 4) is 0 Å². The van der Waals surface area contributed by atoms with E-state index >= 15 is 0 Å². The van der Waals surface area contributed by atoms with E-state index in [-0.39, 0.29) is 135 Å². The number of hydrogen-bond acceptors (Lipinski definition) is 20. The van der Waals surface area contributed by atoms with E-state index in [9.17, 15) is 101 Å². The summed E-state index contributed by atoms with van der Waals surface area (Å²) in [7, 11) is 12.8. The molecule has 0 unspecified atom stereocenters. The Kier molecular flexibility index (Phi) is 42.7. The summed E-state index contributed by atoms with van der Waals surface area (Å²) in [6, 6.07) is 0. The van der Waals surface area contributed by atoms with Crippen molar-refractivity contribution in [2.45, 2.75) is 240 Å². The number of methoxy groups -OCH3 is 10. The summed E-state index contributed by atoms with van der Waals surface area (Å²) in [5.74, 6) is -5.62. The number of carbonyl (C=O) groups excluding carboxylic acids is 10. The first-order valence-corrected chi connectivity index (χ1v) is 35.3. The van der Waals surface area contributed by atoms with Crippen LogP contribution in [0.3, 0.4) is 0 Å². The lowest BCUT2D eigenvalue weighted by Gasteiger charge is -2.20. The molecule has 0 amide bonds. The number of ketones is 10. The molecule has 0 spiro atoms. The van der Waals surface area contributed by atoms with E-state index in [0.717, 1.165) is 20.0 Å². The van der Waals surface area contributed by atoms with Crippen LogP contribution in [-0.4, -0.2) is 154 Å². The van der Waals surface area contributed by atoms with Crippen LogP contribution in [0.5, 0.6) is 0 Å². The summed E-state index contributed by atoms with van der Waals surface area (Å²) in [6.45, 7) is 9.79. The largest absolute Gasteiger partial charge is 0.489 e. The van der Waals surface area contributed by atoms with E-state index in [1.54, 1.807) is 20.8 Å². The highest BCUT2D eigenvalue weighted by atomic mass is 19.4. The monoisotopic (exact) mass is 1570 g/mol. The molecule has 0 aromatic heterocycles. The molecule has 0 bridgehead atoms. The van der Waals surface area contributed by atoms with Gasteiger partial charge in [0.2, 0.25) is 115 Å². The van der Waals surface area contributed by atoms with Crippen molar-refractivity contribution in [3.05, 3.63) is 113 Å². The molecule has 0 atom stereocenters. The fraction of sp³-hybridized carbons (Fsp3) is 0.610. The van der Waals surface area contributed by atoms with Gasteiger partial charge in [-0.25, -0.2) is 0 Å². The van der Waals surface area contributed by atoms with Crippen LogP contribution < -0.4 is 0 Å². The van der Waals surface area contributed by atoms with Crippen molar-refractivity contribution in [3.63, 3.8) is 0 Å². The van der Waals surface area contributed by atoms with Gasteiger partial charge in [0.05, 0.1) is 71.1 Å². The van der Waals surface area contributed by atoms with Gasteiger partial charge in [0.25, 0.3) is 0 Å². The van der Waals surface area contributed by atoms with Gasteiger partial charge >= 0.3 is 24.7 Å². The normalized spacial score (nSPS) is 16.3. The molecule has 0 aromatic carbocycles. The fourth-order valence-electron chi connectivity index (χ4n) is 11.8. The summed E-state index contributed by atoms with van der Waals surface area (Å²) in [5.41, 5.74) is 2.65.